The Bertz CT molecular complexity index is 417. The molecular formula is C7H9ClN2O2S. The molecule has 0 aliphatic rings. The van der Waals surface area contributed by atoms with E-state index in [0.717, 1.165) is 11.8 Å². The normalized spacial score (nSPS) is 11.3. The van der Waals surface area contributed by atoms with E-state index < -0.39 is 10.0 Å². The Hall–Kier alpha value is -0.810. The third kappa shape index (κ3) is 3.20. The maximum atomic E-state index is 10.9. The van der Waals surface area contributed by atoms with Gasteiger partial charge in [0.1, 0.15) is 0 Å². The minimum Gasteiger partial charge on any atom is -0.281 e. The van der Waals surface area contributed by atoms with Gasteiger partial charge in [0.05, 0.1) is 11.9 Å². The molecule has 0 spiro atoms. The van der Waals surface area contributed by atoms with E-state index in [1.165, 1.54) is 0 Å². The topological polar surface area (TPSA) is 59.1 Å². The summed E-state index contributed by atoms with van der Waals surface area (Å²) in [7, 11) is -3.29. The summed E-state index contributed by atoms with van der Waals surface area (Å²) in [6, 6.07) is 1.62. The Morgan fingerprint density at radius 2 is 2.15 bits per heavy atom. The number of anilines is 1. The van der Waals surface area contributed by atoms with Gasteiger partial charge < -0.3 is 0 Å². The molecule has 0 aromatic carbocycles. The summed E-state index contributed by atoms with van der Waals surface area (Å²) in [5, 5.41) is 0.149. The van der Waals surface area contributed by atoms with Gasteiger partial charge in [0, 0.05) is 6.20 Å². The lowest BCUT2D eigenvalue weighted by molar-refractivity contribution is 0.607. The van der Waals surface area contributed by atoms with Crippen LogP contribution in [0, 0.1) is 6.92 Å². The molecule has 1 aromatic rings. The molecule has 6 heteroatoms. The maximum absolute atomic E-state index is 10.9. The van der Waals surface area contributed by atoms with Gasteiger partial charge in [-0.15, -0.1) is 0 Å². The quantitative estimate of drug-likeness (QED) is 0.767. The SMILES string of the molecule is Cc1cnc(Cl)c(NS(C)(=O)=O)c1. The molecule has 0 fully saturated rings. The molecule has 0 aliphatic carbocycles. The van der Waals surface area contributed by atoms with Crippen molar-refractivity contribution in [3.63, 3.8) is 0 Å². The Morgan fingerprint density at radius 3 is 2.69 bits per heavy atom. The summed E-state index contributed by atoms with van der Waals surface area (Å²) in [6.07, 6.45) is 2.63. The van der Waals surface area contributed by atoms with E-state index in [4.69, 9.17) is 11.6 Å². The zero-order valence-corrected chi connectivity index (χ0v) is 8.78. The van der Waals surface area contributed by atoms with Crippen molar-refractivity contribution in [1.29, 1.82) is 0 Å². The van der Waals surface area contributed by atoms with Crippen LogP contribution in [0.5, 0.6) is 0 Å². The molecule has 0 aliphatic heterocycles. The number of hydrogen-bond acceptors (Lipinski definition) is 3. The van der Waals surface area contributed by atoms with Crippen LogP contribution in [0.4, 0.5) is 5.69 Å². The highest BCUT2D eigenvalue weighted by Gasteiger charge is 2.06. The number of pyridine rings is 1. The van der Waals surface area contributed by atoms with Gasteiger partial charge in [-0.1, -0.05) is 11.6 Å². The Balaban J connectivity index is 3.08. The molecule has 0 saturated carbocycles. The van der Waals surface area contributed by atoms with E-state index in [0.29, 0.717) is 5.69 Å². The average Bonchev–Trinajstić information content (AvgIpc) is 1.94. The fourth-order valence-corrected chi connectivity index (χ4v) is 1.59. The number of aryl methyl sites for hydroxylation is 1. The zero-order valence-electron chi connectivity index (χ0n) is 7.20. The highest BCUT2D eigenvalue weighted by atomic mass is 35.5. The van der Waals surface area contributed by atoms with Gasteiger partial charge in [-0.25, -0.2) is 13.4 Å². The van der Waals surface area contributed by atoms with Gasteiger partial charge >= 0.3 is 0 Å². The number of rotatable bonds is 2. The minimum atomic E-state index is -3.29. The van der Waals surface area contributed by atoms with E-state index in [9.17, 15) is 8.42 Å². The summed E-state index contributed by atoms with van der Waals surface area (Å²) in [4.78, 5) is 3.80. The second-order valence-electron chi connectivity index (χ2n) is 2.73. The fraction of sp³-hybridized carbons (Fsp3) is 0.286. The molecule has 0 unspecified atom stereocenters. The first-order valence-corrected chi connectivity index (χ1v) is 5.75. The Morgan fingerprint density at radius 1 is 1.54 bits per heavy atom. The number of sulfonamides is 1. The third-order valence-electron chi connectivity index (χ3n) is 1.27. The molecule has 1 aromatic heterocycles. The third-order valence-corrected chi connectivity index (χ3v) is 2.16. The van der Waals surface area contributed by atoms with Gasteiger partial charge in [-0.3, -0.25) is 4.72 Å². The Labute approximate surface area is 82.0 Å². The smallest absolute Gasteiger partial charge is 0.229 e. The average molecular weight is 221 g/mol. The first-order valence-electron chi connectivity index (χ1n) is 3.48. The van der Waals surface area contributed by atoms with Crippen molar-refractivity contribution in [2.45, 2.75) is 6.92 Å². The van der Waals surface area contributed by atoms with E-state index in [-0.39, 0.29) is 5.15 Å². The molecule has 1 heterocycles. The summed E-state index contributed by atoms with van der Waals surface area (Å²) in [6.45, 7) is 1.80. The van der Waals surface area contributed by atoms with E-state index in [2.05, 4.69) is 9.71 Å². The van der Waals surface area contributed by atoms with Crippen LogP contribution in [-0.2, 0) is 10.0 Å². The van der Waals surface area contributed by atoms with Crippen molar-refractivity contribution in [1.82, 2.24) is 4.98 Å². The number of nitrogens with zero attached hydrogens (tertiary/aromatic N) is 1. The first kappa shape index (κ1) is 10.3. The van der Waals surface area contributed by atoms with Gasteiger partial charge in [-0.2, -0.15) is 0 Å². The van der Waals surface area contributed by atoms with E-state index >= 15 is 0 Å². The van der Waals surface area contributed by atoms with Crippen LogP contribution in [0.25, 0.3) is 0 Å². The number of nitrogens with one attached hydrogen (secondary N) is 1. The van der Waals surface area contributed by atoms with Crippen molar-refractivity contribution in [2.75, 3.05) is 11.0 Å². The van der Waals surface area contributed by atoms with Crippen molar-refractivity contribution < 1.29 is 8.42 Å². The van der Waals surface area contributed by atoms with Crippen LogP contribution in [0.2, 0.25) is 5.15 Å². The van der Waals surface area contributed by atoms with Gasteiger partial charge in [0.2, 0.25) is 10.0 Å². The van der Waals surface area contributed by atoms with E-state index in [1.807, 2.05) is 0 Å². The van der Waals surface area contributed by atoms with Crippen molar-refractivity contribution in [2.24, 2.45) is 0 Å². The molecule has 0 radical (unpaired) electrons. The van der Waals surface area contributed by atoms with Gasteiger partial charge in [0.25, 0.3) is 0 Å². The van der Waals surface area contributed by atoms with Crippen LogP contribution in [0.3, 0.4) is 0 Å². The lowest BCUT2D eigenvalue weighted by atomic mass is 10.3. The highest BCUT2D eigenvalue weighted by Crippen LogP contribution is 2.20. The highest BCUT2D eigenvalue weighted by molar-refractivity contribution is 7.92. The summed E-state index contributed by atoms with van der Waals surface area (Å²) >= 11 is 5.66. The van der Waals surface area contributed by atoms with Crippen LogP contribution >= 0.6 is 11.6 Å². The number of hydrogen-bond donors (Lipinski definition) is 1. The molecule has 0 bridgehead atoms. The lowest BCUT2D eigenvalue weighted by Crippen LogP contribution is -2.10. The van der Waals surface area contributed by atoms with Crippen LogP contribution < -0.4 is 4.72 Å². The van der Waals surface area contributed by atoms with Crippen LogP contribution in [-0.4, -0.2) is 19.7 Å². The summed E-state index contributed by atoms with van der Waals surface area (Å²) in [5.74, 6) is 0. The summed E-state index contributed by atoms with van der Waals surface area (Å²) < 4.78 is 24.0. The molecule has 72 valence electrons. The molecule has 0 amide bonds. The molecule has 4 nitrogen and oxygen atoms in total. The number of halogens is 1. The monoisotopic (exact) mass is 220 g/mol. The first-order chi connectivity index (χ1) is 5.88. The van der Waals surface area contributed by atoms with Crippen molar-refractivity contribution in [3.8, 4) is 0 Å². The minimum absolute atomic E-state index is 0.149. The standard InChI is InChI=1S/C7H9ClN2O2S/c1-5-3-6(7(8)9-4-5)10-13(2,11)12/h3-4,10H,1-2H3. The Kier molecular flexibility index (Phi) is 2.77. The van der Waals surface area contributed by atoms with E-state index in [1.54, 1.807) is 19.2 Å². The second kappa shape index (κ2) is 3.51. The van der Waals surface area contributed by atoms with Crippen molar-refractivity contribution in [3.05, 3.63) is 23.0 Å². The van der Waals surface area contributed by atoms with Gasteiger partial charge in [-0.05, 0) is 18.6 Å². The number of aromatic nitrogens is 1. The molecule has 0 saturated heterocycles. The maximum Gasteiger partial charge on any atom is 0.229 e. The molecule has 1 rings (SSSR count). The van der Waals surface area contributed by atoms with Crippen LogP contribution in [0.1, 0.15) is 5.56 Å². The second-order valence-corrected chi connectivity index (χ2v) is 4.83. The predicted molar refractivity (Wildman–Crippen MR) is 52.5 cm³/mol. The zero-order chi connectivity index (χ0) is 10.1. The summed E-state index contributed by atoms with van der Waals surface area (Å²) in [5.41, 5.74) is 1.15. The molecule has 1 N–H and O–H groups in total. The largest absolute Gasteiger partial charge is 0.281 e. The molecular weight excluding hydrogens is 212 g/mol. The van der Waals surface area contributed by atoms with Crippen molar-refractivity contribution >= 4 is 27.3 Å². The predicted octanol–water partition coefficient (Wildman–Crippen LogP) is 1.41. The fourth-order valence-electron chi connectivity index (χ4n) is 0.824. The molecule has 13 heavy (non-hydrogen) atoms. The van der Waals surface area contributed by atoms with Crippen LogP contribution in [0.15, 0.2) is 12.3 Å². The molecule has 0 atom stereocenters. The lowest BCUT2D eigenvalue weighted by Gasteiger charge is -2.05. The van der Waals surface area contributed by atoms with Gasteiger partial charge in [0.15, 0.2) is 5.15 Å².